The molecule has 6 heteroatoms. The third kappa shape index (κ3) is 3.49. The number of carboxylic acids is 1. The highest BCUT2D eigenvalue weighted by atomic mass is 16.4. The second kappa shape index (κ2) is 7.63. The van der Waals surface area contributed by atoms with Gasteiger partial charge in [-0.3, -0.25) is 4.79 Å². The number of carboxylic acid groups (broad SMARTS) is 1. The first-order valence-electron chi connectivity index (χ1n) is 10.6. The van der Waals surface area contributed by atoms with Crippen LogP contribution in [0, 0.1) is 0 Å². The van der Waals surface area contributed by atoms with Gasteiger partial charge in [-0.25, -0.2) is 9.50 Å². The summed E-state index contributed by atoms with van der Waals surface area (Å²) in [5.74, 6) is -0.827. The normalized spacial score (nSPS) is 15.0. The zero-order chi connectivity index (χ0) is 21.4. The van der Waals surface area contributed by atoms with Crippen LogP contribution in [0.2, 0.25) is 0 Å². The van der Waals surface area contributed by atoms with E-state index in [0.29, 0.717) is 12.1 Å². The minimum atomic E-state index is -0.827. The molecule has 2 aromatic heterocycles. The van der Waals surface area contributed by atoms with Crippen LogP contribution >= 0.6 is 0 Å². The first-order valence-corrected chi connectivity index (χ1v) is 10.6. The molecule has 0 radical (unpaired) electrons. The Labute approximate surface area is 180 Å². The molecule has 4 aromatic rings. The van der Waals surface area contributed by atoms with E-state index in [4.69, 9.17) is 15.8 Å². The fourth-order valence-electron chi connectivity index (χ4n) is 4.30. The summed E-state index contributed by atoms with van der Waals surface area (Å²) >= 11 is 0. The lowest BCUT2D eigenvalue weighted by Gasteiger charge is -2.38. The molecule has 1 aliphatic carbocycles. The summed E-state index contributed by atoms with van der Waals surface area (Å²) in [7, 11) is 0. The van der Waals surface area contributed by atoms with Crippen LogP contribution < -0.4 is 5.73 Å². The van der Waals surface area contributed by atoms with E-state index in [-0.39, 0.29) is 12.0 Å². The standard InChI is InChI=1S/C25H24N4O2/c26-25(14-4-15-25)20-10-7-17(8-11-20)22-23(18-5-2-1-3-6-18)29-24(28-22)19(13-16-27-29)9-12-21(30)31/h1-3,5-8,10-11,13,16H,4,9,12,14-15,26H2,(H,30,31). The Morgan fingerprint density at radius 2 is 1.77 bits per heavy atom. The van der Waals surface area contributed by atoms with Crippen LogP contribution in [0.5, 0.6) is 0 Å². The van der Waals surface area contributed by atoms with E-state index in [1.54, 1.807) is 6.20 Å². The Bertz CT molecular complexity index is 1240. The monoisotopic (exact) mass is 412 g/mol. The second-order valence-corrected chi connectivity index (χ2v) is 8.25. The van der Waals surface area contributed by atoms with E-state index >= 15 is 0 Å². The molecule has 0 aliphatic heterocycles. The highest BCUT2D eigenvalue weighted by molar-refractivity contribution is 5.82. The minimum Gasteiger partial charge on any atom is -0.481 e. The van der Waals surface area contributed by atoms with E-state index in [0.717, 1.165) is 46.5 Å². The summed E-state index contributed by atoms with van der Waals surface area (Å²) in [5, 5.41) is 13.7. The summed E-state index contributed by atoms with van der Waals surface area (Å²) in [6, 6.07) is 20.2. The molecule has 1 fully saturated rings. The molecule has 0 spiro atoms. The summed E-state index contributed by atoms with van der Waals surface area (Å²) in [6.07, 6.45) is 5.38. The Balaban J connectivity index is 1.66. The van der Waals surface area contributed by atoms with E-state index in [1.807, 2.05) is 40.9 Å². The van der Waals surface area contributed by atoms with Crippen molar-refractivity contribution in [1.82, 2.24) is 14.6 Å². The number of fused-ring (bicyclic) bond motifs is 1. The molecule has 0 amide bonds. The molecule has 0 unspecified atom stereocenters. The number of nitrogens with zero attached hydrogens (tertiary/aromatic N) is 3. The lowest BCUT2D eigenvalue weighted by Crippen LogP contribution is -2.43. The number of benzene rings is 2. The van der Waals surface area contributed by atoms with Crippen LogP contribution in [0.1, 0.15) is 36.8 Å². The number of imidazole rings is 1. The van der Waals surface area contributed by atoms with E-state index < -0.39 is 5.97 Å². The van der Waals surface area contributed by atoms with Crippen LogP contribution in [0.4, 0.5) is 0 Å². The molecular formula is C25H24N4O2. The third-order valence-electron chi connectivity index (χ3n) is 6.23. The highest BCUT2D eigenvalue weighted by Gasteiger charge is 2.34. The predicted molar refractivity (Wildman–Crippen MR) is 120 cm³/mol. The van der Waals surface area contributed by atoms with Crippen molar-refractivity contribution in [2.75, 3.05) is 0 Å². The number of aryl methyl sites for hydroxylation is 1. The predicted octanol–water partition coefficient (Wildman–Crippen LogP) is 4.42. The second-order valence-electron chi connectivity index (χ2n) is 8.25. The Hall–Kier alpha value is -3.51. The van der Waals surface area contributed by atoms with Crippen molar-refractivity contribution >= 4 is 11.6 Å². The van der Waals surface area contributed by atoms with E-state index in [1.165, 1.54) is 6.42 Å². The molecule has 156 valence electrons. The number of aromatic nitrogens is 3. The number of aliphatic carboxylic acids is 1. The zero-order valence-corrected chi connectivity index (χ0v) is 17.2. The maximum atomic E-state index is 11.1. The lowest BCUT2D eigenvalue weighted by molar-refractivity contribution is -0.136. The molecule has 0 saturated heterocycles. The van der Waals surface area contributed by atoms with Crippen molar-refractivity contribution in [3.8, 4) is 22.5 Å². The van der Waals surface area contributed by atoms with Gasteiger partial charge >= 0.3 is 5.97 Å². The fourth-order valence-corrected chi connectivity index (χ4v) is 4.30. The maximum Gasteiger partial charge on any atom is 0.303 e. The molecule has 1 aliphatic rings. The molecule has 6 nitrogen and oxygen atoms in total. The van der Waals surface area contributed by atoms with Gasteiger partial charge in [0, 0.05) is 29.3 Å². The van der Waals surface area contributed by atoms with Gasteiger partial charge in [0.2, 0.25) is 0 Å². The summed E-state index contributed by atoms with van der Waals surface area (Å²) in [6.45, 7) is 0. The highest BCUT2D eigenvalue weighted by Crippen LogP contribution is 2.40. The minimum absolute atomic E-state index is 0.0514. The van der Waals surface area contributed by atoms with Crippen LogP contribution in [0.25, 0.3) is 28.2 Å². The van der Waals surface area contributed by atoms with E-state index in [9.17, 15) is 4.79 Å². The number of carbonyl (C=O) groups is 1. The van der Waals surface area contributed by atoms with Crippen LogP contribution in [-0.4, -0.2) is 25.7 Å². The van der Waals surface area contributed by atoms with Crippen molar-refractivity contribution in [1.29, 1.82) is 0 Å². The summed E-state index contributed by atoms with van der Waals surface area (Å²) in [4.78, 5) is 16.1. The van der Waals surface area contributed by atoms with Crippen molar-refractivity contribution < 1.29 is 9.90 Å². The molecule has 31 heavy (non-hydrogen) atoms. The fraction of sp³-hybridized carbons (Fsp3) is 0.240. The largest absolute Gasteiger partial charge is 0.481 e. The van der Waals surface area contributed by atoms with Gasteiger partial charge in [0.15, 0.2) is 5.65 Å². The molecule has 3 N–H and O–H groups in total. The van der Waals surface area contributed by atoms with Crippen molar-refractivity contribution in [2.24, 2.45) is 5.73 Å². The Morgan fingerprint density at radius 1 is 1.03 bits per heavy atom. The van der Waals surface area contributed by atoms with Gasteiger partial charge in [-0.15, -0.1) is 0 Å². The van der Waals surface area contributed by atoms with E-state index in [2.05, 4.69) is 29.4 Å². The number of nitrogens with two attached hydrogens (primary N) is 1. The van der Waals surface area contributed by atoms with Crippen LogP contribution in [0.15, 0.2) is 66.9 Å². The van der Waals surface area contributed by atoms with Gasteiger partial charge in [0.1, 0.15) is 5.69 Å². The van der Waals surface area contributed by atoms with Gasteiger partial charge in [0.05, 0.1) is 5.69 Å². The summed E-state index contributed by atoms with van der Waals surface area (Å²) in [5.41, 5.74) is 12.7. The molecular weight excluding hydrogens is 388 g/mol. The molecule has 5 rings (SSSR count). The van der Waals surface area contributed by atoms with Gasteiger partial charge < -0.3 is 10.8 Å². The zero-order valence-electron chi connectivity index (χ0n) is 17.2. The molecule has 0 bridgehead atoms. The lowest BCUT2D eigenvalue weighted by atomic mass is 9.72. The van der Waals surface area contributed by atoms with Crippen LogP contribution in [-0.2, 0) is 16.8 Å². The summed E-state index contributed by atoms with van der Waals surface area (Å²) < 4.78 is 1.83. The third-order valence-corrected chi connectivity index (χ3v) is 6.23. The number of hydrogen-bond acceptors (Lipinski definition) is 4. The number of rotatable bonds is 6. The van der Waals surface area contributed by atoms with Crippen LogP contribution in [0.3, 0.4) is 0 Å². The number of hydrogen-bond donors (Lipinski definition) is 2. The topological polar surface area (TPSA) is 93.5 Å². The Kier molecular flexibility index (Phi) is 4.79. The molecule has 2 aromatic carbocycles. The van der Waals surface area contributed by atoms with Crippen molar-refractivity contribution in [3.63, 3.8) is 0 Å². The quantitative estimate of drug-likeness (QED) is 0.489. The first-order chi connectivity index (χ1) is 15.0. The molecule has 2 heterocycles. The molecule has 1 saturated carbocycles. The maximum absolute atomic E-state index is 11.1. The average Bonchev–Trinajstić information content (AvgIpc) is 3.17. The average molecular weight is 412 g/mol. The van der Waals surface area contributed by atoms with Gasteiger partial charge in [-0.1, -0.05) is 54.6 Å². The first kappa shape index (κ1) is 19.5. The van der Waals surface area contributed by atoms with Gasteiger partial charge in [-0.05, 0) is 42.9 Å². The van der Waals surface area contributed by atoms with Gasteiger partial charge in [0.25, 0.3) is 0 Å². The Morgan fingerprint density at radius 3 is 2.42 bits per heavy atom. The SMILES string of the molecule is NC1(c2ccc(-c3nc4c(CCC(=O)O)ccnn4c3-c3ccccc3)cc2)CCC1. The van der Waals surface area contributed by atoms with Crippen molar-refractivity contribution in [3.05, 3.63) is 78.0 Å². The smallest absolute Gasteiger partial charge is 0.303 e. The molecule has 0 atom stereocenters. The van der Waals surface area contributed by atoms with Crippen molar-refractivity contribution in [2.45, 2.75) is 37.6 Å². The van der Waals surface area contributed by atoms with Gasteiger partial charge in [-0.2, -0.15) is 5.10 Å².